The van der Waals surface area contributed by atoms with E-state index in [-0.39, 0.29) is 48.6 Å². The van der Waals surface area contributed by atoms with Crippen molar-refractivity contribution in [3.63, 3.8) is 0 Å². The van der Waals surface area contributed by atoms with Crippen molar-refractivity contribution in [2.24, 2.45) is 14.1 Å². The van der Waals surface area contributed by atoms with Crippen LogP contribution in [0.25, 0.3) is 10.6 Å². The molecule has 1 aromatic carbocycles. The number of aliphatic hydroxyl groups excluding tert-OH is 1. The first-order chi connectivity index (χ1) is 52.9. The van der Waals surface area contributed by atoms with Crippen molar-refractivity contribution in [2.45, 2.75) is 161 Å². The van der Waals surface area contributed by atoms with E-state index in [0.717, 1.165) is 52.4 Å². The third-order valence-electron chi connectivity index (χ3n) is 18.0. The van der Waals surface area contributed by atoms with Gasteiger partial charge in [0.1, 0.15) is 62.8 Å². The zero-order valence-electron chi connectivity index (χ0n) is 65.3. The van der Waals surface area contributed by atoms with E-state index in [0.29, 0.717) is 77.5 Å². The number of aromatic nitrogens is 10. The van der Waals surface area contributed by atoms with E-state index in [9.17, 15) is 46.7 Å². The van der Waals surface area contributed by atoms with Gasteiger partial charge in [-0.15, -0.1) is 34.0 Å². The Morgan fingerprint density at radius 3 is 1.60 bits per heavy atom. The van der Waals surface area contributed by atoms with Crippen LogP contribution in [-0.2, 0) is 76.4 Å². The number of methoxy groups -OCH3 is 1. The Labute approximate surface area is 688 Å². The zero-order chi connectivity index (χ0) is 83.0. The van der Waals surface area contributed by atoms with Crippen LogP contribution in [0.3, 0.4) is 0 Å². The third kappa shape index (κ3) is 22.8. The molecule has 4 atom stereocenters. The Balaban J connectivity index is 0.000000213. The van der Waals surface area contributed by atoms with E-state index in [2.05, 4.69) is 72.0 Å². The zero-order valence-corrected chi connectivity index (χ0v) is 71.7. The number of halogens is 4. The maximum atomic E-state index is 14.0. The summed E-state index contributed by atoms with van der Waals surface area (Å²) in [4.78, 5) is 109. The van der Waals surface area contributed by atoms with Gasteiger partial charge in [0.05, 0.1) is 74.4 Å². The second kappa shape index (κ2) is 36.7. The van der Waals surface area contributed by atoms with Gasteiger partial charge in [0, 0.05) is 118 Å². The summed E-state index contributed by atoms with van der Waals surface area (Å²) >= 11 is 19.2. The number of fused-ring (bicyclic) bond motifs is 3. The van der Waals surface area contributed by atoms with Crippen LogP contribution in [0.4, 0.5) is 27.9 Å². The fraction of sp³-hybridized carbons (Fsp3) is 0.432. The molecular formula is C74H93BBrCl2FN16O14S4. The quantitative estimate of drug-likeness (QED) is 0.0285. The normalized spacial score (nSPS) is 16.0. The van der Waals surface area contributed by atoms with Crippen molar-refractivity contribution in [1.82, 2.24) is 69.5 Å². The average Bonchev–Trinajstić information content (AvgIpc) is 1.62. The van der Waals surface area contributed by atoms with E-state index >= 15 is 0 Å². The molecule has 12 heterocycles. The molecule has 0 radical (unpaired) electrons. The van der Waals surface area contributed by atoms with Gasteiger partial charge >= 0.3 is 19.1 Å². The van der Waals surface area contributed by atoms with Gasteiger partial charge in [0.2, 0.25) is 32.8 Å². The highest BCUT2D eigenvalue weighted by molar-refractivity contribution is 9.11. The lowest BCUT2D eigenvalue weighted by molar-refractivity contribution is -0.160. The summed E-state index contributed by atoms with van der Waals surface area (Å²) in [6.07, 6.45) is 11.0. The monoisotopic (exact) mass is 1740 g/mol. The summed E-state index contributed by atoms with van der Waals surface area (Å²) < 4.78 is 68.9. The second-order valence-corrected chi connectivity index (χ2v) is 36.8. The highest BCUT2D eigenvalue weighted by Gasteiger charge is 2.53. The molecular weight excluding hydrogens is 1650 g/mol. The van der Waals surface area contributed by atoms with Gasteiger partial charge in [0.25, 0.3) is 17.7 Å². The number of ether oxygens (including phenoxy) is 3. The molecule has 0 bridgehead atoms. The molecule has 0 saturated carbocycles. The first-order valence-corrected chi connectivity index (χ1v) is 41.4. The van der Waals surface area contributed by atoms with Crippen LogP contribution in [0.15, 0.2) is 107 Å². The van der Waals surface area contributed by atoms with Crippen molar-refractivity contribution in [3.8, 4) is 16.3 Å². The van der Waals surface area contributed by atoms with Gasteiger partial charge < -0.3 is 59.3 Å². The Bertz CT molecular complexity index is 5070. The molecule has 8 aromatic heterocycles. The summed E-state index contributed by atoms with van der Waals surface area (Å²) in [6.45, 7) is 25.0. The molecule has 113 heavy (non-hydrogen) atoms. The predicted octanol–water partition coefficient (Wildman–Crippen LogP) is 11.7. The molecule has 608 valence electrons. The van der Waals surface area contributed by atoms with Crippen LogP contribution in [0.1, 0.15) is 150 Å². The molecule has 13 rings (SSSR count). The number of benzene rings is 1. The number of thiophene rings is 3. The molecule has 1 fully saturated rings. The second-order valence-electron chi connectivity index (χ2n) is 29.3. The number of nitrogens with one attached hydrogen (secondary N) is 3. The molecule has 1 saturated heterocycles. The van der Waals surface area contributed by atoms with Crippen LogP contribution in [0, 0.1) is 5.82 Å². The molecule has 0 spiro atoms. The van der Waals surface area contributed by atoms with Crippen molar-refractivity contribution >= 4 is 154 Å². The highest BCUT2D eigenvalue weighted by Crippen LogP contribution is 2.40. The molecule has 30 nitrogen and oxygen atoms in total. The lowest BCUT2D eigenvalue weighted by atomic mass is 9.87. The number of hydrogen-bond donors (Lipinski definition) is 4. The molecule has 4 aliphatic heterocycles. The summed E-state index contributed by atoms with van der Waals surface area (Å²) in [5, 5.41) is 27.2. The van der Waals surface area contributed by atoms with E-state index in [1.165, 1.54) is 47.7 Å². The van der Waals surface area contributed by atoms with Gasteiger partial charge in [0.15, 0.2) is 0 Å². The molecule has 39 heteroatoms. The molecule has 0 aliphatic carbocycles. The number of carbonyl (C=O) groups excluding carboxylic acids is 6. The van der Waals surface area contributed by atoms with Crippen LogP contribution in [0.2, 0.25) is 10.3 Å². The Kier molecular flexibility index (Phi) is 28.6. The lowest BCUT2D eigenvalue weighted by Gasteiger charge is -2.32. The highest BCUT2D eigenvalue weighted by atomic mass is 79.9. The van der Waals surface area contributed by atoms with Crippen LogP contribution in [0.5, 0.6) is 5.75 Å². The predicted molar refractivity (Wildman–Crippen MR) is 437 cm³/mol. The number of hydrogen-bond acceptors (Lipinski definition) is 27. The van der Waals surface area contributed by atoms with Crippen LogP contribution < -0.4 is 25.5 Å². The van der Waals surface area contributed by atoms with Gasteiger partial charge in [-0.1, -0.05) is 23.2 Å². The fourth-order valence-electron chi connectivity index (χ4n) is 11.4. The molecule has 9 aromatic rings. The molecule has 2 unspecified atom stereocenters. The number of carbonyl (C=O) groups is 6. The maximum absolute atomic E-state index is 14.0. The minimum Gasteiger partial charge on any atom is -0.497 e. The summed E-state index contributed by atoms with van der Waals surface area (Å²) in [6, 6.07) is 15.0. The Hall–Kier alpha value is -8.92. The number of rotatable bonds is 17. The summed E-state index contributed by atoms with van der Waals surface area (Å²) in [7, 11) is 1.22. The van der Waals surface area contributed by atoms with E-state index in [1.807, 2.05) is 101 Å². The van der Waals surface area contributed by atoms with Gasteiger partial charge in [-0.25, -0.2) is 52.3 Å². The van der Waals surface area contributed by atoms with Crippen molar-refractivity contribution in [3.05, 3.63) is 155 Å². The van der Waals surface area contributed by atoms with E-state index in [4.69, 9.17) is 46.7 Å². The van der Waals surface area contributed by atoms with Gasteiger partial charge in [-0.3, -0.25) is 28.5 Å². The lowest BCUT2D eigenvalue weighted by Crippen LogP contribution is -2.51. The van der Waals surface area contributed by atoms with Crippen LogP contribution >= 0.6 is 73.1 Å². The first-order valence-electron chi connectivity index (χ1n) is 35.5. The van der Waals surface area contributed by atoms with Crippen molar-refractivity contribution in [1.29, 1.82) is 0 Å². The largest absolute Gasteiger partial charge is 0.505 e. The number of nitrogens with zero attached hydrogens (tertiary/aromatic N) is 13. The molecule has 4 N–H and O–H groups in total. The molecule has 4 aliphatic rings. The summed E-state index contributed by atoms with van der Waals surface area (Å²) in [5.74, 6) is 0.434. The average molecular weight is 1740 g/mol. The topological polar surface area (TPSA) is 362 Å². The number of anilines is 4. The number of aliphatic hydroxyl groups is 1. The van der Waals surface area contributed by atoms with Crippen molar-refractivity contribution < 1.29 is 73.1 Å². The van der Waals surface area contributed by atoms with Gasteiger partial charge in [-0.2, -0.15) is 10.2 Å². The van der Waals surface area contributed by atoms with Gasteiger partial charge in [-0.05, 0) is 160 Å². The molecule has 4 amide bonds. The Morgan fingerprint density at radius 1 is 0.664 bits per heavy atom. The van der Waals surface area contributed by atoms with E-state index in [1.54, 1.807) is 119 Å². The summed E-state index contributed by atoms with van der Waals surface area (Å²) in [5.41, 5.74) is 0.909. The fourth-order valence-corrected chi connectivity index (χ4v) is 16.1. The van der Waals surface area contributed by atoms with Crippen molar-refractivity contribution in [2.75, 3.05) is 50.2 Å². The first kappa shape index (κ1) is 88.0. The SMILES string of the molecule is CC(C(=O)OC(C)(C)C)N1CCc2sc(B3OC(C)(C)C(C)(C)O3)cc2C1=O.CC(C(=O)OC(C)(C)C)N1CCc2sc(Br)cc2C1=O.COc1cc(F)cc([C@@H](CO)NC(=O)[C@@H](C)N2CCc3sc(-c4ccnc(Nc5ccnn5C)n4)cc3C2=O)c1.CS(=O)(=O)c1nccc(Cl)n1.Cn1nccc1Nc1nccc(Cl)n1.[HH].[HH]. The number of amides is 4. The smallest absolute Gasteiger partial charge is 0.497 e. The number of aryl methyl sites for hydroxylation is 2. The minimum absolute atomic E-state index is 0. The number of sulfone groups is 1. The standard InChI is InChI=1S/C27H28FN7O4S.C20H30BNO5S.C14H18BrNO3S.C8H8ClN5.C5H5ClN2O2S.2H2/c1-15(25(37)31-21(14-36)16-10-17(28)12-18(11-16)39-3)35-9-6-22-19(26(35)38)13-23(40-22)20-4-7-29-27(32-20)33-24-5-8-30-34(24)2;1-12(17(24)25-18(2,3)4)22-10-9-14-13(16(22)23)11-15(28-14)21-26-19(5,6)20(7,8)27-21;1-8(13(18)19-14(2,3)4)16-6-5-10-9(12(16)17)7-11(15)20-10;1-14-7(3-5-11-14)13-8-10-4-2-6(9)12-8;1-11(9,10)5-7-3-2-4(6)8-5;;/h4-5,7-8,10-13,15,21,36H,6,9,14H2,1-3H3,(H,31,37)(H,29,32,33);11-12H,9-10H2,1-8H3;7-8H,5-6H2,1-4H3;2-5H,1H3,(H,10,12,13);2-3H,1H3;2*1H/t15-,21-;;;;;;/m1....../s1. The van der Waals surface area contributed by atoms with E-state index < -0.39 is 81.9 Å². The van der Waals surface area contributed by atoms with Crippen LogP contribution in [-0.4, -0.2) is 201 Å². The minimum atomic E-state index is -3.33. The Morgan fingerprint density at radius 2 is 1.13 bits per heavy atom. The maximum Gasteiger partial charge on any atom is 0.505 e. The number of esters is 2. The third-order valence-corrected chi connectivity index (χ3v) is 23.4.